The number of hydrogen-bond acceptors (Lipinski definition) is 4. The monoisotopic (exact) mass is 400 g/mol. The van der Waals surface area contributed by atoms with Gasteiger partial charge in [0.1, 0.15) is 0 Å². The van der Waals surface area contributed by atoms with Gasteiger partial charge in [-0.2, -0.15) is 0 Å². The molecule has 0 bridgehead atoms. The van der Waals surface area contributed by atoms with Gasteiger partial charge in [-0.05, 0) is 55.8 Å². The van der Waals surface area contributed by atoms with Crippen molar-refractivity contribution in [2.45, 2.75) is 65.2 Å². The lowest BCUT2D eigenvalue weighted by molar-refractivity contribution is -0.157. The lowest BCUT2D eigenvalue weighted by atomic mass is 9.62. The molecular weight excluding hydrogens is 368 g/mol. The van der Waals surface area contributed by atoms with Crippen LogP contribution >= 0.6 is 0 Å². The smallest absolute Gasteiger partial charge is 0.317 e. The highest BCUT2D eigenvalue weighted by molar-refractivity contribution is 5.93. The maximum Gasteiger partial charge on any atom is 0.317 e. The van der Waals surface area contributed by atoms with E-state index in [1.54, 1.807) is 0 Å². The van der Waals surface area contributed by atoms with Crippen molar-refractivity contribution < 1.29 is 39.6 Å². The Hall–Kier alpha value is -2.12. The summed E-state index contributed by atoms with van der Waals surface area (Å²) < 4.78 is 0. The number of hydrogen-bond donors (Lipinski definition) is 4. The van der Waals surface area contributed by atoms with Crippen molar-refractivity contribution in [3.8, 4) is 0 Å². The zero-order valence-electron chi connectivity index (χ0n) is 16.5. The van der Waals surface area contributed by atoms with Gasteiger partial charge in [0.05, 0.1) is 0 Å². The molecule has 8 nitrogen and oxygen atoms in total. The predicted octanol–water partition coefficient (Wildman–Crippen LogP) is 3.20. The van der Waals surface area contributed by atoms with Crippen molar-refractivity contribution >= 4 is 23.9 Å². The average molecular weight is 400 g/mol. The molecule has 0 aliphatic heterocycles. The molecule has 0 saturated heterocycles. The first-order valence-corrected chi connectivity index (χ1v) is 10.0. The van der Waals surface area contributed by atoms with E-state index in [9.17, 15) is 19.2 Å². The van der Waals surface area contributed by atoms with Crippen molar-refractivity contribution in [2.24, 2.45) is 35.5 Å². The molecular formula is C20H32O8. The van der Waals surface area contributed by atoms with Crippen LogP contribution in [0.5, 0.6) is 0 Å². The minimum atomic E-state index is -1.45. The Labute approximate surface area is 164 Å². The minimum Gasteiger partial charge on any atom is -0.481 e. The summed E-state index contributed by atoms with van der Waals surface area (Å²) in [5.74, 6) is -7.59. The van der Waals surface area contributed by atoms with E-state index < -0.39 is 35.7 Å². The lowest BCUT2D eigenvalue weighted by Crippen LogP contribution is -2.36. The largest absolute Gasteiger partial charge is 0.481 e. The molecule has 1 aliphatic carbocycles. The molecule has 8 heteroatoms. The Morgan fingerprint density at radius 3 is 1.57 bits per heavy atom. The molecule has 0 radical (unpaired) electrons. The van der Waals surface area contributed by atoms with E-state index in [1.807, 2.05) is 0 Å². The molecule has 0 aromatic rings. The second-order valence-electron chi connectivity index (χ2n) is 8.04. The highest BCUT2D eigenvalue weighted by Crippen LogP contribution is 2.46. The molecule has 0 spiro atoms. The summed E-state index contributed by atoms with van der Waals surface area (Å²) in [6.07, 6.45) is 4.75. The van der Waals surface area contributed by atoms with Gasteiger partial charge in [0, 0.05) is 0 Å². The van der Waals surface area contributed by atoms with Crippen LogP contribution in [0.3, 0.4) is 0 Å². The van der Waals surface area contributed by atoms with Crippen LogP contribution in [0, 0.1) is 35.5 Å². The summed E-state index contributed by atoms with van der Waals surface area (Å²) in [4.78, 5) is 44.8. The van der Waals surface area contributed by atoms with Crippen LogP contribution in [0.15, 0.2) is 0 Å². The van der Waals surface area contributed by atoms with Gasteiger partial charge in [0.15, 0.2) is 11.8 Å². The van der Waals surface area contributed by atoms with Crippen LogP contribution < -0.4 is 0 Å². The molecule has 1 rings (SSSR count). The third-order valence-electron chi connectivity index (χ3n) is 6.31. The SMILES string of the molecule is CCCC1CCC(C)C(CCC(C(=O)O)C(=O)O)C1CCC(C(=O)O)C(=O)O. The Balaban J connectivity index is 2.96. The van der Waals surface area contributed by atoms with E-state index in [0.717, 1.165) is 25.7 Å². The molecule has 0 aromatic heterocycles. The number of carboxylic acid groups (broad SMARTS) is 4. The first-order valence-electron chi connectivity index (χ1n) is 10.0. The molecule has 0 aromatic carbocycles. The Bertz CT molecular complexity index is 545. The molecule has 28 heavy (non-hydrogen) atoms. The highest BCUT2D eigenvalue weighted by Gasteiger charge is 2.39. The molecule has 0 heterocycles. The first-order chi connectivity index (χ1) is 13.1. The Kier molecular flexibility index (Phi) is 9.41. The molecule has 160 valence electrons. The van der Waals surface area contributed by atoms with Crippen LogP contribution in [-0.4, -0.2) is 44.3 Å². The summed E-state index contributed by atoms with van der Waals surface area (Å²) in [6, 6.07) is 0. The van der Waals surface area contributed by atoms with Gasteiger partial charge < -0.3 is 20.4 Å². The van der Waals surface area contributed by atoms with Crippen LogP contribution in [0.1, 0.15) is 65.2 Å². The fourth-order valence-electron chi connectivity index (χ4n) is 4.78. The molecule has 4 unspecified atom stereocenters. The van der Waals surface area contributed by atoms with Gasteiger partial charge in [-0.1, -0.05) is 33.1 Å². The second-order valence-corrected chi connectivity index (χ2v) is 8.04. The maximum atomic E-state index is 11.2. The van der Waals surface area contributed by atoms with Gasteiger partial charge in [-0.25, -0.2) is 0 Å². The van der Waals surface area contributed by atoms with Crippen LogP contribution in [0.2, 0.25) is 0 Å². The molecule has 0 amide bonds. The van der Waals surface area contributed by atoms with E-state index >= 15 is 0 Å². The second kappa shape index (κ2) is 11.0. The van der Waals surface area contributed by atoms with E-state index in [0.29, 0.717) is 18.8 Å². The standard InChI is InChI=1S/C20H32O8/c1-3-4-12-6-5-11(2)13(7-9-15(17(21)22)18(23)24)14(12)8-10-16(19(25)26)20(27)28/h11-16H,3-10H2,1-2H3,(H,21,22)(H,23,24)(H,25,26)(H,27,28). The summed E-state index contributed by atoms with van der Waals surface area (Å²) in [5.41, 5.74) is 0. The van der Waals surface area contributed by atoms with Crippen molar-refractivity contribution in [3.63, 3.8) is 0 Å². The molecule has 1 aliphatic rings. The fraction of sp³-hybridized carbons (Fsp3) is 0.800. The third kappa shape index (κ3) is 6.49. The lowest BCUT2D eigenvalue weighted by Gasteiger charge is -2.43. The van der Waals surface area contributed by atoms with Crippen LogP contribution in [0.25, 0.3) is 0 Å². The van der Waals surface area contributed by atoms with E-state index in [-0.39, 0.29) is 30.6 Å². The highest BCUT2D eigenvalue weighted by atomic mass is 16.4. The van der Waals surface area contributed by atoms with Crippen molar-refractivity contribution in [1.29, 1.82) is 0 Å². The zero-order valence-corrected chi connectivity index (χ0v) is 16.5. The summed E-state index contributed by atoms with van der Waals surface area (Å²) in [5, 5.41) is 36.6. The molecule has 1 saturated carbocycles. The third-order valence-corrected chi connectivity index (χ3v) is 6.31. The van der Waals surface area contributed by atoms with Gasteiger partial charge in [-0.3, -0.25) is 19.2 Å². The number of carbonyl (C=O) groups is 4. The fourth-order valence-corrected chi connectivity index (χ4v) is 4.78. The number of rotatable bonds is 12. The summed E-state index contributed by atoms with van der Waals surface area (Å²) in [7, 11) is 0. The maximum absolute atomic E-state index is 11.2. The van der Waals surface area contributed by atoms with Crippen molar-refractivity contribution in [1.82, 2.24) is 0 Å². The topological polar surface area (TPSA) is 149 Å². The van der Waals surface area contributed by atoms with Gasteiger partial charge in [-0.15, -0.1) is 0 Å². The normalized spacial score (nSPS) is 25.0. The molecule has 4 atom stereocenters. The predicted molar refractivity (Wildman–Crippen MR) is 99.8 cm³/mol. The van der Waals surface area contributed by atoms with Crippen molar-refractivity contribution in [3.05, 3.63) is 0 Å². The van der Waals surface area contributed by atoms with Gasteiger partial charge in [0.25, 0.3) is 0 Å². The van der Waals surface area contributed by atoms with Crippen LogP contribution in [-0.2, 0) is 19.2 Å². The Morgan fingerprint density at radius 2 is 1.18 bits per heavy atom. The zero-order chi connectivity index (χ0) is 21.4. The number of carboxylic acids is 4. The van der Waals surface area contributed by atoms with Gasteiger partial charge >= 0.3 is 23.9 Å². The van der Waals surface area contributed by atoms with Gasteiger partial charge in [0.2, 0.25) is 0 Å². The molecule has 1 fully saturated rings. The minimum absolute atomic E-state index is 0.0241. The van der Waals surface area contributed by atoms with E-state index in [2.05, 4.69) is 13.8 Å². The number of aliphatic carboxylic acids is 4. The Morgan fingerprint density at radius 1 is 0.750 bits per heavy atom. The average Bonchev–Trinajstić information content (AvgIpc) is 2.58. The summed E-state index contributed by atoms with van der Waals surface area (Å²) in [6.45, 7) is 4.12. The molecule has 4 N–H and O–H groups in total. The quantitative estimate of drug-likeness (QED) is 0.365. The first kappa shape index (κ1) is 23.9. The van der Waals surface area contributed by atoms with E-state index in [4.69, 9.17) is 20.4 Å². The summed E-state index contributed by atoms with van der Waals surface area (Å²) >= 11 is 0. The van der Waals surface area contributed by atoms with Crippen molar-refractivity contribution in [2.75, 3.05) is 0 Å². The van der Waals surface area contributed by atoms with Crippen LogP contribution in [0.4, 0.5) is 0 Å². The van der Waals surface area contributed by atoms with E-state index in [1.165, 1.54) is 0 Å².